The van der Waals surface area contributed by atoms with E-state index in [4.69, 9.17) is 0 Å². The van der Waals surface area contributed by atoms with Gasteiger partial charge in [0.2, 0.25) is 11.8 Å². The summed E-state index contributed by atoms with van der Waals surface area (Å²) in [5.74, 6) is -0.998. The molecule has 5 rings (SSSR count). The lowest BCUT2D eigenvalue weighted by Crippen LogP contribution is -2.54. The van der Waals surface area contributed by atoms with E-state index >= 15 is 0 Å². The van der Waals surface area contributed by atoms with Gasteiger partial charge < -0.3 is 20.2 Å². The Hall–Kier alpha value is -3.14. The maximum absolute atomic E-state index is 13.5. The first kappa shape index (κ1) is 26.5. The van der Waals surface area contributed by atoms with Gasteiger partial charge in [-0.3, -0.25) is 19.0 Å². The number of fused-ring (bicyclic) bond motifs is 1. The topological polar surface area (TPSA) is 112 Å². The van der Waals surface area contributed by atoms with Crippen LogP contribution in [-0.4, -0.2) is 78.2 Å². The fourth-order valence-corrected chi connectivity index (χ4v) is 6.06. The normalized spacial score (nSPS) is 20.0. The molecule has 2 aliphatic heterocycles. The standard InChI is InChI=1S/C28H40N6O4/c1-18(2)17-32-25-20(16-29-34(25)27(38)23(26(32)37)24(36)30-21-7-8-21)6-9-22(35)33-13-5-10-28(33)11-14-31(15-12-28)19(3)4/h6,9,16,18-19,21,38H,5,7-8,10-15,17H2,1-4H3,(H,30,36)/b9-6+. The van der Waals surface area contributed by atoms with Gasteiger partial charge in [0.15, 0.2) is 5.56 Å². The van der Waals surface area contributed by atoms with Crippen molar-refractivity contribution in [3.05, 3.63) is 33.8 Å². The Morgan fingerprint density at radius 1 is 1.16 bits per heavy atom. The van der Waals surface area contributed by atoms with Gasteiger partial charge in [-0.15, -0.1) is 0 Å². The van der Waals surface area contributed by atoms with Crippen molar-refractivity contribution in [1.82, 2.24) is 29.3 Å². The Kier molecular flexibility index (Phi) is 7.11. The predicted molar refractivity (Wildman–Crippen MR) is 145 cm³/mol. The van der Waals surface area contributed by atoms with Crippen LogP contribution >= 0.6 is 0 Å². The number of amides is 2. The quantitative estimate of drug-likeness (QED) is 0.539. The SMILES string of the molecule is CC(C)Cn1c(=O)c(C(=O)NC2CC2)c(O)n2ncc(/C=C/C(=O)N3CCCC34CCN(C(C)C)CC4)c12. The maximum atomic E-state index is 13.5. The van der Waals surface area contributed by atoms with Crippen LogP contribution in [0, 0.1) is 5.92 Å². The number of rotatable bonds is 7. The smallest absolute Gasteiger partial charge is 0.270 e. The third-order valence-corrected chi connectivity index (χ3v) is 8.32. The molecule has 1 saturated carbocycles. The molecule has 0 atom stereocenters. The molecule has 0 radical (unpaired) electrons. The van der Waals surface area contributed by atoms with Crippen LogP contribution in [0.2, 0.25) is 0 Å². The summed E-state index contributed by atoms with van der Waals surface area (Å²) in [5, 5.41) is 18.0. The molecule has 4 heterocycles. The molecular weight excluding hydrogens is 484 g/mol. The molecule has 3 fully saturated rings. The Bertz CT molecular complexity index is 1310. The summed E-state index contributed by atoms with van der Waals surface area (Å²) in [4.78, 5) is 44.2. The second-order valence-corrected chi connectivity index (χ2v) is 11.9. The van der Waals surface area contributed by atoms with E-state index in [0.717, 1.165) is 58.2 Å². The minimum absolute atomic E-state index is 0.0396. The molecule has 10 nitrogen and oxygen atoms in total. The number of aromatic hydroxyl groups is 1. The first-order valence-corrected chi connectivity index (χ1v) is 14.0. The van der Waals surface area contributed by atoms with E-state index in [2.05, 4.69) is 29.2 Å². The van der Waals surface area contributed by atoms with Gasteiger partial charge in [-0.05, 0) is 64.4 Å². The average Bonchev–Trinajstić information content (AvgIpc) is 3.43. The number of aromatic nitrogens is 3. The molecule has 2 aromatic rings. The highest BCUT2D eigenvalue weighted by molar-refractivity contribution is 5.97. The van der Waals surface area contributed by atoms with Gasteiger partial charge in [0.1, 0.15) is 5.65 Å². The number of hydrogen-bond donors (Lipinski definition) is 2. The molecular formula is C28H40N6O4. The molecule has 1 aliphatic carbocycles. The maximum Gasteiger partial charge on any atom is 0.270 e. The Labute approximate surface area is 223 Å². The molecule has 2 N–H and O–H groups in total. The molecule has 2 amide bonds. The van der Waals surface area contributed by atoms with Crippen LogP contribution < -0.4 is 10.9 Å². The average molecular weight is 525 g/mol. The highest BCUT2D eigenvalue weighted by Crippen LogP contribution is 2.39. The van der Waals surface area contributed by atoms with Gasteiger partial charge in [0.25, 0.3) is 11.5 Å². The highest BCUT2D eigenvalue weighted by Gasteiger charge is 2.45. The first-order chi connectivity index (χ1) is 18.1. The van der Waals surface area contributed by atoms with Crippen LogP contribution in [0.4, 0.5) is 0 Å². The lowest BCUT2D eigenvalue weighted by atomic mass is 9.84. The molecule has 3 aliphatic rings. The van der Waals surface area contributed by atoms with Crippen LogP contribution in [-0.2, 0) is 11.3 Å². The van der Waals surface area contributed by atoms with Gasteiger partial charge in [-0.25, -0.2) is 0 Å². The number of piperidine rings is 1. The second-order valence-electron chi connectivity index (χ2n) is 11.9. The fraction of sp³-hybridized carbons (Fsp3) is 0.643. The summed E-state index contributed by atoms with van der Waals surface area (Å²) < 4.78 is 2.72. The van der Waals surface area contributed by atoms with E-state index in [1.54, 1.807) is 12.2 Å². The van der Waals surface area contributed by atoms with Crippen LogP contribution in [0.1, 0.15) is 82.1 Å². The largest absolute Gasteiger partial charge is 0.492 e. The van der Waals surface area contributed by atoms with Gasteiger partial charge in [-0.1, -0.05) is 13.8 Å². The van der Waals surface area contributed by atoms with Crippen molar-refractivity contribution in [2.75, 3.05) is 19.6 Å². The molecule has 0 aromatic carbocycles. The minimum Gasteiger partial charge on any atom is -0.492 e. The van der Waals surface area contributed by atoms with Crippen molar-refractivity contribution in [2.24, 2.45) is 5.92 Å². The molecule has 206 valence electrons. The number of carbonyl (C=O) groups is 2. The molecule has 2 aromatic heterocycles. The van der Waals surface area contributed by atoms with Crippen LogP contribution in [0.15, 0.2) is 17.1 Å². The van der Waals surface area contributed by atoms with E-state index in [-0.39, 0.29) is 29.0 Å². The summed E-state index contributed by atoms with van der Waals surface area (Å²) in [6.07, 6.45) is 10.5. The number of nitrogens with one attached hydrogen (secondary N) is 1. The van der Waals surface area contributed by atoms with Crippen molar-refractivity contribution in [3.8, 4) is 5.88 Å². The summed E-state index contributed by atoms with van der Waals surface area (Å²) in [6.45, 7) is 11.5. The van der Waals surface area contributed by atoms with Crippen LogP contribution in [0.25, 0.3) is 11.7 Å². The highest BCUT2D eigenvalue weighted by atomic mass is 16.3. The Morgan fingerprint density at radius 3 is 2.50 bits per heavy atom. The summed E-state index contributed by atoms with van der Waals surface area (Å²) in [6, 6.07) is 0.553. The van der Waals surface area contributed by atoms with Gasteiger partial charge >= 0.3 is 0 Å². The zero-order chi connectivity index (χ0) is 27.2. The van der Waals surface area contributed by atoms with Crippen LogP contribution in [0.3, 0.4) is 0 Å². The molecule has 38 heavy (non-hydrogen) atoms. The molecule has 2 saturated heterocycles. The van der Waals surface area contributed by atoms with Crippen molar-refractivity contribution >= 4 is 23.5 Å². The molecule has 1 spiro atoms. The third kappa shape index (κ3) is 4.86. The lowest BCUT2D eigenvalue weighted by Gasteiger charge is -2.45. The Morgan fingerprint density at radius 2 is 1.87 bits per heavy atom. The fourth-order valence-electron chi connectivity index (χ4n) is 6.06. The van der Waals surface area contributed by atoms with E-state index in [1.807, 2.05) is 18.7 Å². The van der Waals surface area contributed by atoms with Crippen molar-refractivity contribution in [1.29, 1.82) is 0 Å². The second kappa shape index (κ2) is 10.2. The molecule has 0 bridgehead atoms. The summed E-state index contributed by atoms with van der Waals surface area (Å²) in [5.41, 5.74) is -0.0290. The minimum atomic E-state index is -0.583. The van der Waals surface area contributed by atoms with Gasteiger partial charge in [0, 0.05) is 55.4 Å². The third-order valence-electron chi connectivity index (χ3n) is 8.32. The zero-order valence-corrected chi connectivity index (χ0v) is 22.9. The van der Waals surface area contributed by atoms with E-state index in [9.17, 15) is 19.5 Å². The van der Waals surface area contributed by atoms with Crippen molar-refractivity contribution < 1.29 is 14.7 Å². The lowest BCUT2D eigenvalue weighted by molar-refractivity contribution is -0.131. The molecule has 10 heteroatoms. The number of likely N-dealkylation sites (tertiary alicyclic amines) is 2. The van der Waals surface area contributed by atoms with E-state index < -0.39 is 17.3 Å². The van der Waals surface area contributed by atoms with Gasteiger partial charge in [0.05, 0.1) is 6.20 Å². The summed E-state index contributed by atoms with van der Waals surface area (Å²) in [7, 11) is 0. The van der Waals surface area contributed by atoms with Crippen molar-refractivity contribution in [3.63, 3.8) is 0 Å². The van der Waals surface area contributed by atoms with Gasteiger partial charge in [-0.2, -0.15) is 9.61 Å². The molecule has 0 unspecified atom stereocenters. The number of nitrogens with zero attached hydrogens (tertiary/aromatic N) is 5. The Balaban J connectivity index is 1.45. The first-order valence-electron chi connectivity index (χ1n) is 14.0. The van der Waals surface area contributed by atoms with E-state index in [0.29, 0.717) is 23.8 Å². The predicted octanol–water partition coefficient (Wildman–Crippen LogP) is 2.63. The number of hydrogen-bond acceptors (Lipinski definition) is 6. The van der Waals surface area contributed by atoms with E-state index in [1.165, 1.54) is 15.3 Å². The monoisotopic (exact) mass is 524 g/mol. The van der Waals surface area contributed by atoms with Crippen molar-refractivity contribution in [2.45, 2.75) is 90.4 Å². The van der Waals surface area contributed by atoms with Crippen LogP contribution in [0.5, 0.6) is 5.88 Å². The number of carbonyl (C=O) groups excluding carboxylic acids is 2. The summed E-state index contributed by atoms with van der Waals surface area (Å²) >= 11 is 0. The zero-order valence-electron chi connectivity index (χ0n) is 22.9.